The van der Waals surface area contributed by atoms with Crippen LogP contribution in [0.4, 0.5) is 0 Å². The molecule has 0 aliphatic rings. The first-order valence-corrected chi connectivity index (χ1v) is 7.76. The Morgan fingerprint density at radius 1 is 1.35 bits per heavy atom. The summed E-state index contributed by atoms with van der Waals surface area (Å²) in [6.45, 7) is 2.36. The Kier molecular flexibility index (Phi) is 7.84. The van der Waals surface area contributed by atoms with E-state index in [1.807, 2.05) is 6.92 Å². The fraction of sp³-hybridized carbons (Fsp3) is 0.467. The number of methoxy groups -OCH3 is 2. The Bertz CT molecular complexity index is 563. The normalized spacial score (nSPS) is 11.7. The van der Waals surface area contributed by atoms with Crippen molar-refractivity contribution in [2.45, 2.75) is 19.4 Å². The van der Waals surface area contributed by atoms with Crippen molar-refractivity contribution in [1.29, 1.82) is 0 Å². The van der Waals surface area contributed by atoms with E-state index in [4.69, 9.17) is 19.3 Å². The Morgan fingerprint density at radius 3 is 2.57 bits per heavy atom. The zero-order valence-corrected chi connectivity index (χ0v) is 14.8. The number of carbonyl (C=O) groups excluding carboxylic acids is 1. The molecule has 1 amide bonds. The van der Waals surface area contributed by atoms with Crippen LogP contribution in [-0.4, -0.2) is 50.5 Å². The molecule has 7 nitrogen and oxygen atoms in total. The first-order valence-electron chi connectivity index (χ1n) is 6.97. The Balaban J connectivity index is 3.01. The van der Waals surface area contributed by atoms with Crippen molar-refractivity contribution in [2.75, 3.05) is 27.4 Å². The van der Waals surface area contributed by atoms with E-state index in [2.05, 4.69) is 21.2 Å². The van der Waals surface area contributed by atoms with Crippen LogP contribution in [0.5, 0.6) is 11.5 Å². The van der Waals surface area contributed by atoms with Gasteiger partial charge in [0.15, 0.2) is 17.5 Å². The molecular formula is C15H20BrNO6. The summed E-state index contributed by atoms with van der Waals surface area (Å²) in [4.78, 5) is 23.3. The lowest BCUT2D eigenvalue weighted by Crippen LogP contribution is -2.43. The Morgan fingerprint density at radius 2 is 2.04 bits per heavy atom. The van der Waals surface area contributed by atoms with Gasteiger partial charge in [0, 0.05) is 12.7 Å². The summed E-state index contributed by atoms with van der Waals surface area (Å²) in [6.07, 6.45) is 0.829. The minimum absolute atomic E-state index is 0.128. The van der Waals surface area contributed by atoms with Crippen LogP contribution in [0, 0.1) is 0 Å². The van der Waals surface area contributed by atoms with Crippen molar-refractivity contribution >= 4 is 27.8 Å². The summed E-state index contributed by atoms with van der Waals surface area (Å²) in [5, 5.41) is 11.4. The second kappa shape index (κ2) is 9.36. The molecule has 0 fully saturated rings. The summed E-state index contributed by atoms with van der Waals surface area (Å²) in [7, 11) is 2.83. The number of rotatable bonds is 9. The molecule has 0 saturated heterocycles. The summed E-state index contributed by atoms with van der Waals surface area (Å²) in [5.41, 5.74) is 0.250. The molecule has 1 atom stereocenters. The lowest BCUT2D eigenvalue weighted by molar-refractivity contribution is -0.140. The van der Waals surface area contributed by atoms with E-state index in [-0.39, 0.29) is 12.2 Å². The molecule has 0 saturated carbocycles. The van der Waals surface area contributed by atoms with Crippen LogP contribution in [0.1, 0.15) is 23.7 Å². The molecule has 2 N–H and O–H groups in total. The van der Waals surface area contributed by atoms with E-state index in [0.717, 1.165) is 6.42 Å². The highest BCUT2D eigenvalue weighted by Gasteiger charge is 2.22. The first-order chi connectivity index (χ1) is 10.9. The average Bonchev–Trinajstić information content (AvgIpc) is 2.52. The maximum atomic E-state index is 12.2. The molecule has 23 heavy (non-hydrogen) atoms. The SMILES string of the molecule is CCCOc1c(Br)cc(C(=O)NC(COC)C(=O)O)cc1OC. The number of aliphatic carboxylic acids is 1. The summed E-state index contributed by atoms with van der Waals surface area (Å²) < 4.78 is 16.2. The summed E-state index contributed by atoms with van der Waals surface area (Å²) >= 11 is 3.34. The van der Waals surface area contributed by atoms with Crippen LogP contribution in [-0.2, 0) is 9.53 Å². The van der Waals surface area contributed by atoms with Gasteiger partial charge in [0.1, 0.15) is 0 Å². The maximum Gasteiger partial charge on any atom is 0.328 e. The van der Waals surface area contributed by atoms with Gasteiger partial charge in [-0.15, -0.1) is 0 Å². The molecule has 0 spiro atoms. The monoisotopic (exact) mass is 389 g/mol. The summed E-state index contributed by atoms with van der Waals surface area (Å²) in [6, 6.07) is 1.92. The largest absolute Gasteiger partial charge is 0.493 e. The van der Waals surface area contributed by atoms with E-state index in [0.29, 0.717) is 22.6 Å². The van der Waals surface area contributed by atoms with Crippen molar-refractivity contribution in [1.82, 2.24) is 5.32 Å². The highest BCUT2D eigenvalue weighted by atomic mass is 79.9. The third-order valence-electron chi connectivity index (χ3n) is 2.88. The van der Waals surface area contributed by atoms with Crippen molar-refractivity contribution in [3.8, 4) is 11.5 Å². The van der Waals surface area contributed by atoms with Crippen LogP contribution in [0.3, 0.4) is 0 Å². The number of amides is 1. The standard InChI is InChI=1S/C15H20BrNO6/c1-4-5-23-13-10(16)6-9(7-12(13)22-3)14(18)17-11(8-21-2)15(19)20/h6-7,11H,4-5,8H2,1-3H3,(H,17,18)(H,19,20). The van der Waals surface area contributed by atoms with Gasteiger partial charge in [-0.1, -0.05) is 6.92 Å². The lowest BCUT2D eigenvalue weighted by Gasteiger charge is -2.16. The van der Waals surface area contributed by atoms with Crippen LogP contribution in [0.2, 0.25) is 0 Å². The average molecular weight is 390 g/mol. The topological polar surface area (TPSA) is 94.1 Å². The van der Waals surface area contributed by atoms with Gasteiger partial charge in [-0.25, -0.2) is 4.79 Å². The molecule has 0 radical (unpaired) electrons. The molecule has 1 unspecified atom stereocenters. The molecule has 0 aliphatic carbocycles. The molecule has 0 heterocycles. The maximum absolute atomic E-state index is 12.2. The fourth-order valence-electron chi connectivity index (χ4n) is 1.78. The molecule has 0 bridgehead atoms. The molecule has 0 aromatic heterocycles. The van der Waals surface area contributed by atoms with Gasteiger partial charge in [0.2, 0.25) is 0 Å². The van der Waals surface area contributed by atoms with Gasteiger partial charge in [0.25, 0.3) is 5.91 Å². The van der Waals surface area contributed by atoms with Gasteiger partial charge in [-0.2, -0.15) is 0 Å². The van der Waals surface area contributed by atoms with Crippen LogP contribution in [0.25, 0.3) is 0 Å². The number of nitrogens with one attached hydrogen (secondary N) is 1. The smallest absolute Gasteiger partial charge is 0.328 e. The van der Waals surface area contributed by atoms with Crippen LogP contribution >= 0.6 is 15.9 Å². The predicted molar refractivity (Wildman–Crippen MR) is 87.2 cm³/mol. The van der Waals surface area contributed by atoms with E-state index in [1.165, 1.54) is 20.3 Å². The zero-order chi connectivity index (χ0) is 17.4. The Hall–Kier alpha value is -1.80. The highest BCUT2D eigenvalue weighted by molar-refractivity contribution is 9.10. The van der Waals surface area contributed by atoms with Crippen molar-refractivity contribution in [3.05, 3.63) is 22.2 Å². The number of hydrogen-bond acceptors (Lipinski definition) is 5. The number of ether oxygens (including phenoxy) is 3. The van der Waals surface area contributed by atoms with Gasteiger partial charge >= 0.3 is 5.97 Å². The number of halogens is 1. The molecule has 1 aromatic rings. The zero-order valence-electron chi connectivity index (χ0n) is 13.2. The number of benzene rings is 1. The van der Waals surface area contributed by atoms with Gasteiger partial charge < -0.3 is 24.6 Å². The minimum atomic E-state index is -1.17. The number of hydrogen-bond donors (Lipinski definition) is 2. The quantitative estimate of drug-likeness (QED) is 0.671. The van der Waals surface area contributed by atoms with Crippen molar-refractivity contribution in [3.63, 3.8) is 0 Å². The van der Waals surface area contributed by atoms with Gasteiger partial charge in [0.05, 0.1) is 24.8 Å². The van der Waals surface area contributed by atoms with E-state index >= 15 is 0 Å². The number of carboxylic acids is 1. The molecule has 1 rings (SSSR count). The highest BCUT2D eigenvalue weighted by Crippen LogP contribution is 2.36. The fourth-order valence-corrected chi connectivity index (χ4v) is 2.33. The Labute approximate surface area is 143 Å². The van der Waals surface area contributed by atoms with E-state index in [1.54, 1.807) is 6.07 Å². The lowest BCUT2D eigenvalue weighted by atomic mass is 10.1. The van der Waals surface area contributed by atoms with E-state index in [9.17, 15) is 9.59 Å². The number of carboxylic acid groups (broad SMARTS) is 1. The van der Waals surface area contributed by atoms with Crippen LogP contribution < -0.4 is 14.8 Å². The second-order valence-corrected chi connectivity index (χ2v) is 5.51. The first kappa shape index (κ1) is 19.2. The van der Waals surface area contributed by atoms with Gasteiger partial charge in [-0.05, 0) is 34.5 Å². The van der Waals surface area contributed by atoms with Crippen LogP contribution in [0.15, 0.2) is 16.6 Å². The molecular weight excluding hydrogens is 370 g/mol. The minimum Gasteiger partial charge on any atom is -0.493 e. The summed E-state index contributed by atoms with van der Waals surface area (Å²) in [5.74, 6) is -0.834. The van der Waals surface area contributed by atoms with Crippen molar-refractivity contribution < 1.29 is 28.9 Å². The van der Waals surface area contributed by atoms with E-state index < -0.39 is 17.9 Å². The third-order valence-corrected chi connectivity index (χ3v) is 3.47. The molecule has 0 aliphatic heterocycles. The third kappa shape index (κ3) is 5.40. The predicted octanol–water partition coefficient (Wildman–Crippen LogP) is 2.08. The van der Waals surface area contributed by atoms with Gasteiger partial charge in [-0.3, -0.25) is 4.79 Å². The molecule has 128 valence electrons. The van der Waals surface area contributed by atoms with Crippen molar-refractivity contribution in [2.24, 2.45) is 0 Å². The second-order valence-electron chi connectivity index (χ2n) is 4.66. The molecule has 1 aromatic carbocycles. The number of carbonyl (C=O) groups is 2. The molecule has 8 heteroatoms.